The Bertz CT molecular complexity index is 198. The van der Waals surface area contributed by atoms with Gasteiger partial charge in [-0.25, -0.2) is 0 Å². The minimum absolute atomic E-state index is 1.18. The third kappa shape index (κ3) is 1.33. The van der Waals surface area contributed by atoms with E-state index in [0.717, 1.165) is 0 Å². The molecule has 0 aliphatic rings. The van der Waals surface area contributed by atoms with Crippen molar-refractivity contribution in [2.75, 3.05) is 0 Å². The van der Waals surface area contributed by atoms with E-state index < -0.39 is 0 Å². The summed E-state index contributed by atoms with van der Waals surface area (Å²) in [5.74, 6) is 0. The fraction of sp³-hybridized carbons (Fsp3) is 0.500. The van der Waals surface area contributed by atoms with Crippen molar-refractivity contribution in [3.63, 3.8) is 0 Å². The second kappa shape index (κ2) is 2.53. The lowest BCUT2D eigenvalue weighted by molar-refractivity contribution is 1.16. The number of aryl methyl sites for hydroxylation is 3. The Morgan fingerprint density at radius 2 is 2.11 bits per heavy atom. The zero-order valence-corrected chi connectivity index (χ0v) is 7.01. The summed E-state index contributed by atoms with van der Waals surface area (Å²) >= 11 is 1.91. The molecule has 9 heavy (non-hydrogen) atoms. The van der Waals surface area contributed by atoms with Gasteiger partial charge in [0.05, 0.1) is 0 Å². The van der Waals surface area contributed by atoms with Crippen LogP contribution in [0.4, 0.5) is 0 Å². The zero-order chi connectivity index (χ0) is 6.85. The van der Waals surface area contributed by atoms with Gasteiger partial charge < -0.3 is 0 Å². The summed E-state index contributed by atoms with van der Waals surface area (Å²) in [6.45, 7) is 6.55. The van der Waals surface area contributed by atoms with Gasteiger partial charge in [0, 0.05) is 9.75 Å². The quantitative estimate of drug-likeness (QED) is 0.562. The van der Waals surface area contributed by atoms with Gasteiger partial charge in [0.15, 0.2) is 0 Å². The van der Waals surface area contributed by atoms with E-state index in [4.69, 9.17) is 0 Å². The molecule has 0 nitrogen and oxygen atoms in total. The Balaban J connectivity index is 3.01. The van der Waals surface area contributed by atoms with Gasteiger partial charge in [-0.05, 0) is 31.9 Å². The molecule has 50 valence electrons. The molecular formula is C8H12S. The maximum atomic E-state index is 2.25. The summed E-state index contributed by atoms with van der Waals surface area (Å²) in [5.41, 5.74) is 1.46. The van der Waals surface area contributed by atoms with Gasteiger partial charge in [0.2, 0.25) is 0 Å². The standard InChI is InChI=1S/C8H12S/c1-4-8-6(2)5-7(3)9-8/h5H,4H2,1-3H3. The van der Waals surface area contributed by atoms with Crippen molar-refractivity contribution in [1.29, 1.82) is 0 Å². The first kappa shape index (κ1) is 6.81. The van der Waals surface area contributed by atoms with Crippen LogP contribution in [0.3, 0.4) is 0 Å². The van der Waals surface area contributed by atoms with Crippen molar-refractivity contribution in [3.05, 3.63) is 21.4 Å². The molecule has 1 heteroatoms. The lowest BCUT2D eigenvalue weighted by Gasteiger charge is -1.87. The molecule has 0 fully saturated rings. The topological polar surface area (TPSA) is 0 Å². The van der Waals surface area contributed by atoms with E-state index in [0.29, 0.717) is 0 Å². The summed E-state index contributed by atoms with van der Waals surface area (Å²) < 4.78 is 0. The van der Waals surface area contributed by atoms with Crippen molar-refractivity contribution >= 4 is 11.3 Å². The first-order chi connectivity index (χ1) is 4.24. The molecule has 1 heterocycles. The van der Waals surface area contributed by atoms with E-state index in [2.05, 4.69) is 26.8 Å². The molecule has 1 aromatic heterocycles. The largest absolute Gasteiger partial charge is 0.145 e. The second-order valence-electron chi connectivity index (χ2n) is 2.32. The van der Waals surface area contributed by atoms with Gasteiger partial charge in [-0.15, -0.1) is 11.3 Å². The van der Waals surface area contributed by atoms with Crippen LogP contribution in [0.5, 0.6) is 0 Å². The number of thiophene rings is 1. The Labute approximate surface area is 60.5 Å². The monoisotopic (exact) mass is 140 g/mol. The highest BCUT2D eigenvalue weighted by Crippen LogP contribution is 2.20. The van der Waals surface area contributed by atoms with Crippen molar-refractivity contribution in [2.24, 2.45) is 0 Å². The van der Waals surface area contributed by atoms with Gasteiger partial charge in [-0.3, -0.25) is 0 Å². The predicted octanol–water partition coefficient (Wildman–Crippen LogP) is 2.93. The molecule has 0 aromatic carbocycles. The Kier molecular flexibility index (Phi) is 1.91. The van der Waals surface area contributed by atoms with E-state index >= 15 is 0 Å². The molecule has 0 radical (unpaired) electrons. The fourth-order valence-electron chi connectivity index (χ4n) is 1.04. The van der Waals surface area contributed by atoms with E-state index in [9.17, 15) is 0 Å². The number of hydrogen-bond donors (Lipinski definition) is 0. The Morgan fingerprint density at radius 1 is 1.44 bits per heavy atom. The van der Waals surface area contributed by atoms with Crippen LogP contribution in [0.15, 0.2) is 6.07 Å². The molecule has 0 amide bonds. The minimum Gasteiger partial charge on any atom is -0.145 e. The number of rotatable bonds is 1. The van der Waals surface area contributed by atoms with Gasteiger partial charge in [-0.2, -0.15) is 0 Å². The van der Waals surface area contributed by atoms with Crippen molar-refractivity contribution < 1.29 is 0 Å². The maximum Gasteiger partial charge on any atom is 0.00744 e. The third-order valence-electron chi connectivity index (χ3n) is 1.46. The molecule has 0 spiro atoms. The van der Waals surface area contributed by atoms with Gasteiger partial charge in [-0.1, -0.05) is 6.92 Å². The van der Waals surface area contributed by atoms with E-state index in [1.807, 2.05) is 11.3 Å². The van der Waals surface area contributed by atoms with Crippen molar-refractivity contribution in [2.45, 2.75) is 27.2 Å². The molecule has 0 saturated carbocycles. The molecule has 0 saturated heterocycles. The number of hydrogen-bond acceptors (Lipinski definition) is 1. The molecular weight excluding hydrogens is 128 g/mol. The molecule has 1 aromatic rings. The average molecular weight is 140 g/mol. The summed E-state index contributed by atoms with van der Waals surface area (Å²) in [6.07, 6.45) is 1.18. The molecule has 0 N–H and O–H groups in total. The lowest BCUT2D eigenvalue weighted by Crippen LogP contribution is -1.72. The SMILES string of the molecule is CCc1sc(C)cc1C. The highest BCUT2D eigenvalue weighted by molar-refractivity contribution is 7.12. The smallest absolute Gasteiger partial charge is 0.00744 e. The Hall–Kier alpha value is -0.300. The van der Waals surface area contributed by atoms with Crippen LogP contribution in [0.2, 0.25) is 0 Å². The normalized spacial score (nSPS) is 10.1. The second-order valence-corrected chi connectivity index (χ2v) is 3.66. The zero-order valence-electron chi connectivity index (χ0n) is 6.19. The predicted molar refractivity (Wildman–Crippen MR) is 43.2 cm³/mol. The molecule has 0 bridgehead atoms. The van der Waals surface area contributed by atoms with Crippen molar-refractivity contribution in [1.82, 2.24) is 0 Å². The molecule has 0 atom stereocenters. The lowest BCUT2D eigenvalue weighted by atomic mass is 10.2. The van der Waals surface area contributed by atoms with E-state index in [-0.39, 0.29) is 0 Å². The molecule has 0 aliphatic heterocycles. The van der Waals surface area contributed by atoms with Gasteiger partial charge >= 0.3 is 0 Å². The fourth-order valence-corrected chi connectivity index (χ4v) is 2.03. The summed E-state index contributed by atoms with van der Waals surface area (Å²) in [5, 5.41) is 0. The highest BCUT2D eigenvalue weighted by atomic mass is 32.1. The Morgan fingerprint density at radius 3 is 2.33 bits per heavy atom. The summed E-state index contributed by atoms with van der Waals surface area (Å²) in [4.78, 5) is 2.97. The van der Waals surface area contributed by atoms with Crippen LogP contribution in [0.25, 0.3) is 0 Å². The van der Waals surface area contributed by atoms with E-state index in [1.54, 1.807) is 0 Å². The summed E-state index contributed by atoms with van der Waals surface area (Å²) in [7, 11) is 0. The molecule has 0 unspecified atom stereocenters. The van der Waals surface area contributed by atoms with E-state index in [1.165, 1.54) is 21.7 Å². The molecule has 1 rings (SSSR count). The van der Waals surface area contributed by atoms with Crippen LogP contribution in [0.1, 0.15) is 22.2 Å². The maximum absolute atomic E-state index is 2.25. The highest BCUT2D eigenvalue weighted by Gasteiger charge is 1.97. The first-order valence-corrected chi connectivity index (χ1v) is 4.11. The average Bonchev–Trinajstić information content (AvgIpc) is 2.10. The first-order valence-electron chi connectivity index (χ1n) is 3.30. The van der Waals surface area contributed by atoms with Gasteiger partial charge in [0.25, 0.3) is 0 Å². The summed E-state index contributed by atoms with van der Waals surface area (Å²) in [6, 6.07) is 2.25. The van der Waals surface area contributed by atoms with Crippen LogP contribution in [0, 0.1) is 13.8 Å². The van der Waals surface area contributed by atoms with Crippen molar-refractivity contribution in [3.8, 4) is 0 Å². The van der Waals surface area contributed by atoms with Crippen LogP contribution < -0.4 is 0 Å². The molecule has 0 aliphatic carbocycles. The van der Waals surface area contributed by atoms with Crippen LogP contribution in [-0.2, 0) is 6.42 Å². The third-order valence-corrected chi connectivity index (χ3v) is 2.76. The van der Waals surface area contributed by atoms with Crippen LogP contribution in [-0.4, -0.2) is 0 Å². The van der Waals surface area contributed by atoms with Crippen LogP contribution >= 0.6 is 11.3 Å². The minimum atomic E-state index is 1.18. The van der Waals surface area contributed by atoms with Gasteiger partial charge in [0.1, 0.15) is 0 Å².